The third-order valence-corrected chi connectivity index (χ3v) is 2.56. The highest BCUT2D eigenvalue weighted by molar-refractivity contribution is 5.80. The van der Waals surface area contributed by atoms with Crippen LogP contribution in [0.5, 0.6) is 0 Å². The van der Waals surface area contributed by atoms with Gasteiger partial charge in [0.2, 0.25) is 0 Å². The van der Waals surface area contributed by atoms with Crippen molar-refractivity contribution in [1.29, 1.82) is 0 Å². The highest BCUT2D eigenvalue weighted by Gasteiger charge is 2.14. The SMILES string of the molecule is CCCC(CC(=O)CO)c1ccccc1. The molecule has 0 fully saturated rings. The minimum atomic E-state index is -0.340. The van der Waals surface area contributed by atoms with Crippen LogP contribution in [0.3, 0.4) is 0 Å². The minimum absolute atomic E-state index is 0.0719. The topological polar surface area (TPSA) is 37.3 Å². The molecule has 1 unspecified atom stereocenters. The van der Waals surface area contributed by atoms with Crippen LogP contribution in [-0.4, -0.2) is 17.5 Å². The first-order valence-electron chi connectivity index (χ1n) is 5.45. The van der Waals surface area contributed by atoms with Crippen molar-refractivity contribution in [2.45, 2.75) is 32.1 Å². The number of hydrogen-bond donors (Lipinski definition) is 1. The summed E-state index contributed by atoms with van der Waals surface area (Å²) in [6.45, 7) is 1.77. The van der Waals surface area contributed by atoms with Gasteiger partial charge in [-0.3, -0.25) is 4.79 Å². The molecule has 0 saturated heterocycles. The Hall–Kier alpha value is -1.15. The van der Waals surface area contributed by atoms with Crippen LogP contribution >= 0.6 is 0 Å². The zero-order valence-corrected chi connectivity index (χ0v) is 9.15. The normalized spacial score (nSPS) is 12.4. The molecule has 0 aliphatic heterocycles. The van der Waals surface area contributed by atoms with Crippen molar-refractivity contribution in [2.75, 3.05) is 6.61 Å². The van der Waals surface area contributed by atoms with E-state index < -0.39 is 0 Å². The van der Waals surface area contributed by atoms with Crippen LogP contribution in [0.25, 0.3) is 0 Å². The Morgan fingerprint density at radius 1 is 1.33 bits per heavy atom. The summed E-state index contributed by atoms with van der Waals surface area (Å²) < 4.78 is 0. The number of aliphatic hydroxyl groups excluding tert-OH is 1. The van der Waals surface area contributed by atoms with Crippen molar-refractivity contribution in [2.24, 2.45) is 0 Å². The molecule has 0 radical (unpaired) electrons. The number of aliphatic hydroxyl groups is 1. The molecule has 0 amide bonds. The van der Waals surface area contributed by atoms with Crippen LogP contribution in [0.15, 0.2) is 30.3 Å². The largest absolute Gasteiger partial charge is 0.389 e. The van der Waals surface area contributed by atoms with E-state index >= 15 is 0 Å². The number of carbonyl (C=O) groups excluding carboxylic acids is 1. The summed E-state index contributed by atoms with van der Waals surface area (Å²) in [7, 11) is 0. The third-order valence-electron chi connectivity index (χ3n) is 2.56. The molecule has 1 aromatic rings. The maximum Gasteiger partial charge on any atom is 0.158 e. The molecule has 2 heteroatoms. The number of hydrogen-bond acceptors (Lipinski definition) is 2. The summed E-state index contributed by atoms with van der Waals surface area (Å²) in [4.78, 5) is 11.2. The predicted octanol–water partition coefficient (Wildman–Crippen LogP) is 2.52. The first-order valence-corrected chi connectivity index (χ1v) is 5.45. The van der Waals surface area contributed by atoms with Crippen LogP contribution < -0.4 is 0 Å². The lowest BCUT2D eigenvalue weighted by atomic mass is 9.90. The van der Waals surface area contributed by atoms with E-state index in [1.165, 1.54) is 5.56 Å². The van der Waals surface area contributed by atoms with E-state index in [0.29, 0.717) is 6.42 Å². The quantitative estimate of drug-likeness (QED) is 0.776. The van der Waals surface area contributed by atoms with E-state index in [-0.39, 0.29) is 18.3 Å². The zero-order chi connectivity index (χ0) is 11.1. The predicted molar refractivity (Wildman–Crippen MR) is 60.8 cm³/mol. The highest BCUT2D eigenvalue weighted by atomic mass is 16.3. The van der Waals surface area contributed by atoms with Gasteiger partial charge in [0.05, 0.1) is 0 Å². The summed E-state index contributed by atoms with van der Waals surface area (Å²) in [6, 6.07) is 10.0. The number of ketones is 1. The van der Waals surface area contributed by atoms with Crippen LogP contribution in [0.4, 0.5) is 0 Å². The van der Waals surface area contributed by atoms with Gasteiger partial charge in [-0.2, -0.15) is 0 Å². The van der Waals surface area contributed by atoms with Crippen LogP contribution in [0.1, 0.15) is 37.7 Å². The molecule has 1 rings (SSSR count). The van der Waals surface area contributed by atoms with Crippen molar-refractivity contribution >= 4 is 5.78 Å². The maximum atomic E-state index is 11.2. The average Bonchev–Trinajstić information content (AvgIpc) is 2.29. The molecule has 1 aromatic carbocycles. The Morgan fingerprint density at radius 2 is 2.00 bits per heavy atom. The van der Waals surface area contributed by atoms with Crippen molar-refractivity contribution in [3.8, 4) is 0 Å². The zero-order valence-electron chi connectivity index (χ0n) is 9.15. The van der Waals surface area contributed by atoms with Gasteiger partial charge in [-0.25, -0.2) is 0 Å². The molecule has 0 bridgehead atoms. The number of rotatable bonds is 6. The van der Waals surface area contributed by atoms with Gasteiger partial charge in [0.1, 0.15) is 6.61 Å². The summed E-state index contributed by atoms with van der Waals surface area (Å²) in [5, 5.41) is 8.75. The Balaban J connectivity index is 2.70. The van der Waals surface area contributed by atoms with Gasteiger partial charge in [-0.05, 0) is 17.9 Å². The van der Waals surface area contributed by atoms with Crippen molar-refractivity contribution in [3.63, 3.8) is 0 Å². The van der Waals surface area contributed by atoms with E-state index in [4.69, 9.17) is 5.11 Å². The lowest BCUT2D eigenvalue weighted by Crippen LogP contribution is -2.10. The molecule has 15 heavy (non-hydrogen) atoms. The Labute approximate surface area is 90.9 Å². The van der Waals surface area contributed by atoms with Gasteiger partial charge in [-0.15, -0.1) is 0 Å². The van der Waals surface area contributed by atoms with Gasteiger partial charge in [-0.1, -0.05) is 43.7 Å². The Kier molecular flexibility index (Phi) is 5.05. The third kappa shape index (κ3) is 3.84. The fourth-order valence-electron chi connectivity index (χ4n) is 1.80. The summed E-state index contributed by atoms with van der Waals surface area (Å²) in [6.07, 6.45) is 2.50. The van der Waals surface area contributed by atoms with Crippen LogP contribution in [0.2, 0.25) is 0 Å². The number of carbonyl (C=O) groups is 1. The summed E-state index contributed by atoms with van der Waals surface area (Å²) in [5.74, 6) is 0.188. The Morgan fingerprint density at radius 3 is 2.53 bits per heavy atom. The molecule has 0 aromatic heterocycles. The molecule has 0 heterocycles. The first kappa shape index (κ1) is 11.9. The van der Waals surface area contributed by atoms with Gasteiger partial charge < -0.3 is 5.11 Å². The standard InChI is InChI=1S/C13H18O2/c1-2-6-12(9-13(15)10-14)11-7-4-3-5-8-11/h3-5,7-8,12,14H,2,6,9-10H2,1H3. The summed E-state index contributed by atoms with van der Waals surface area (Å²) >= 11 is 0. The van der Waals surface area contributed by atoms with E-state index in [0.717, 1.165) is 12.8 Å². The van der Waals surface area contributed by atoms with Crippen molar-refractivity contribution in [3.05, 3.63) is 35.9 Å². The van der Waals surface area contributed by atoms with Crippen molar-refractivity contribution < 1.29 is 9.90 Å². The average molecular weight is 206 g/mol. The lowest BCUT2D eigenvalue weighted by molar-refractivity contribution is -0.122. The number of benzene rings is 1. The number of Topliss-reactive ketones (excluding diaryl/α,β-unsaturated/α-hetero) is 1. The van der Waals surface area contributed by atoms with E-state index in [1.807, 2.05) is 30.3 Å². The molecule has 0 aliphatic carbocycles. The van der Waals surface area contributed by atoms with Crippen LogP contribution in [0, 0.1) is 0 Å². The molecule has 0 saturated carbocycles. The molecule has 0 spiro atoms. The fraction of sp³-hybridized carbons (Fsp3) is 0.462. The Bertz CT molecular complexity index is 293. The highest BCUT2D eigenvalue weighted by Crippen LogP contribution is 2.24. The second-order valence-corrected chi connectivity index (χ2v) is 3.80. The lowest BCUT2D eigenvalue weighted by Gasteiger charge is -2.15. The molecule has 1 N–H and O–H groups in total. The molecular formula is C13H18O2. The molecule has 82 valence electrons. The minimum Gasteiger partial charge on any atom is -0.389 e. The first-order chi connectivity index (χ1) is 7.27. The van der Waals surface area contributed by atoms with E-state index in [9.17, 15) is 4.79 Å². The maximum absolute atomic E-state index is 11.2. The second-order valence-electron chi connectivity index (χ2n) is 3.80. The monoisotopic (exact) mass is 206 g/mol. The van der Waals surface area contributed by atoms with E-state index in [1.54, 1.807) is 0 Å². The molecule has 2 nitrogen and oxygen atoms in total. The van der Waals surface area contributed by atoms with E-state index in [2.05, 4.69) is 6.92 Å². The molecule has 0 aliphatic rings. The van der Waals surface area contributed by atoms with Gasteiger partial charge in [0.15, 0.2) is 5.78 Å². The fourth-order valence-corrected chi connectivity index (χ4v) is 1.80. The second kappa shape index (κ2) is 6.36. The van der Waals surface area contributed by atoms with Gasteiger partial charge in [0.25, 0.3) is 0 Å². The van der Waals surface area contributed by atoms with Crippen molar-refractivity contribution in [1.82, 2.24) is 0 Å². The van der Waals surface area contributed by atoms with Gasteiger partial charge in [0, 0.05) is 6.42 Å². The smallest absolute Gasteiger partial charge is 0.158 e. The van der Waals surface area contributed by atoms with Gasteiger partial charge >= 0.3 is 0 Å². The summed E-state index contributed by atoms with van der Waals surface area (Å²) in [5.41, 5.74) is 1.20. The molecular weight excluding hydrogens is 188 g/mol. The van der Waals surface area contributed by atoms with Crippen LogP contribution in [-0.2, 0) is 4.79 Å². The molecule has 1 atom stereocenters.